The fourth-order valence-electron chi connectivity index (χ4n) is 1.79. The Morgan fingerprint density at radius 3 is 2.80 bits per heavy atom. The molecule has 0 aliphatic heterocycles. The van der Waals surface area contributed by atoms with E-state index in [1.54, 1.807) is 37.3 Å². The fraction of sp³-hybridized carbons (Fsp3) is 0.200. The number of aliphatic hydroxyl groups excluding tert-OH is 1. The third kappa shape index (κ3) is 3.51. The lowest BCUT2D eigenvalue weighted by Gasteiger charge is -2.14. The van der Waals surface area contributed by atoms with E-state index in [0.29, 0.717) is 26.4 Å². The van der Waals surface area contributed by atoms with Crippen molar-refractivity contribution in [3.8, 4) is 5.75 Å². The van der Waals surface area contributed by atoms with Gasteiger partial charge in [-0.1, -0.05) is 23.7 Å². The van der Waals surface area contributed by atoms with Gasteiger partial charge < -0.3 is 9.84 Å². The molecule has 20 heavy (non-hydrogen) atoms. The van der Waals surface area contributed by atoms with E-state index in [1.165, 1.54) is 6.07 Å². The summed E-state index contributed by atoms with van der Waals surface area (Å²) in [7, 11) is 0. The van der Waals surface area contributed by atoms with Gasteiger partial charge in [-0.15, -0.1) is 0 Å². The van der Waals surface area contributed by atoms with Crippen molar-refractivity contribution in [3.05, 3.63) is 62.8 Å². The molecule has 0 unspecified atom stereocenters. The van der Waals surface area contributed by atoms with Crippen LogP contribution in [-0.4, -0.2) is 5.11 Å². The third-order valence-electron chi connectivity index (χ3n) is 2.84. The molecule has 0 aromatic heterocycles. The lowest BCUT2D eigenvalue weighted by molar-refractivity contribution is 0.190. The second-order valence-electron chi connectivity index (χ2n) is 4.36. The first-order valence-corrected chi connectivity index (χ1v) is 7.19. The quantitative estimate of drug-likeness (QED) is 0.843. The van der Waals surface area contributed by atoms with Crippen molar-refractivity contribution in [1.82, 2.24) is 0 Å². The van der Waals surface area contributed by atoms with Gasteiger partial charge in [0.15, 0.2) is 0 Å². The summed E-state index contributed by atoms with van der Waals surface area (Å²) >= 11 is 9.09. The highest BCUT2D eigenvalue weighted by molar-refractivity contribution is 9.10. The summed E-state index contributed by atoms with van der Waals surface area (Å²) in [6.07, 6.45) is -0.695. The van der Waals surface area contributed by atoms with E-state index < -0.39 is 6.10 Å². The first-order valence-electron chi connectivity index (χ1n) is 6.02. The van der Waals surface area contributed by atoms with Gasteiger partial charge in [-0.3, -0.25) is 0 Å². The molecule has 0 aliphatic carbocycles. The Morgan fingerprint density at radius 1 is 1.35 bits per heavy atom. The first-order chi connectivity index (χ1) is 9.49. The number of rotatable bonds is 4. The van der Waals surface area contributed by atoms with E-state index in [4.69, 9.17) is 16.3 Å². The molecule has 0 amide bonds. The number of halogens is 3. The van der Waals surface area contributed by atoms with Crippen LogP contribution in [0.2, 0.25) is 5.02 Å². The summed E-state index contributed by atoms with van der Waals surface area (Å²) in [6, 6.07) is 9.79. The smallest absolute Gasteiger partial charge is 0.137 e. The number of ether oxygens (including phenoxy) is 1. The molecule has 2 nitrogen and oxygen atoms in total. The minimum atomic E-state index is -0.695. The highest BCUT2D eigenvalue weighted by Crippen LogP contribution is 2.30. The largest absolute Gasteiger partial charge is 0.488 e. The zero-order valence-electron chi connectivity index (χ0n) is 10.7. The van der Waals surface area contributed by atoms with Crippen molar-refractivity contribution in [2.24, 2.45) is 0 Å². The fourth-order valence-corrected chi connectivity index (χ4v) is 2.35. The van der Waals surface area contributed by atoms with Gasteiger partial charge in [-0.05, 0) is 47.1 Å². The van der Waals surface area contributed by atoms with Gasteiger partial charge in [-0.25, -0.2) is 4.39 Å². The third-order valence-corrected chi connectivity index (χ3v) is 3.96. The number of hydrogen-bond acceptors (Lipinski definition) is 2. The average molecular weight is 360 g/mol. The van der Waals surface area contributed by atoms with Crippen LogP contribution in [0.5, 0.6) is 5.75 Å². The topological polar surface area (TPSA) is 29.5 Å². The van der Waals surface area contributed by atoms with Crippen LogP contribution >= 0.6 is 27.5 Å². The molecule has 0 bridgehead atoms. The molecule has 106 valence electrons. The first kappa shape index (κ1) is 15.3. The van der Waals surface area contributed by atoms with E-state index in [1.807, 2.05) is 0 Å². The summed E-state index contributed by atoms with van der Waals surface area (Å²) in [5.41, 5.74) is 1.29. The van der Waals surface area contributed by atoms with E-state index in [-0.39, 0.29) is 12.4 Å². The molecule has 2 rings (SSSR count). The van der Waals surface area contributed by atoms with Crippen LogP contribution in [0.1, 0.15) is 24.2 Å². The highest BCUT2D eigenvalue weighted by Gasteiger charge is 2.11. The Morgan fingerprint density at radius 2 is 2.10 bits per heavy atom. The SMILES string of the molecule is C[C@@H](O)c1cc(Cl)ccc1OCc1cccc(F)c1Br. The summed E-state index contributed by atoms with van der Waals surface area (Å²) in [5.74, 6) is 0.193. The molecule has 1 N–H and O–H groups in total. The van der Waals surface area contributed by atoms with Crippen molar-refractivity contribution in [2.75, 3.05) is 0 Å². The highest BCUT2D eigenvalue weighted by atomic mass is 79.9. The lowest BCUT2D eigenvalue weighted by atomic mass is 10.1. The van der Waals surface area contributed by atoms with Gasteiger partial charge in [0.1, 0.15) is 18.2 Å². The molecule has 2 aromatic carbocycles. The molecule has 2 aromatic rings. The van der Waals surface area contributed by atoms with Gasteiger partial charge in [-0.2, -0.15) is 0 Å². The van der Waals surface area contributed by atoms with E-state index in [2.05, 4.69) is 15.9 Å². The predicted molar refractivity (Wildman–Crippen MR) is 80.5 cm³/mol. The normalized spacial score (nSPS) is 12.2. The van der Waals surface area contributed by atoms with Crippen LogP contribution in [0, 0.1) is 5.82 Å². The Bertz CT molecular complexity index is 617. The van der Waals surface area contributed by atoms with E-state index >= 15 is 0 Å². The minimum Gasteiger partial charge on any atom is -0.488 e. The Hall–Kier alpha value is -1.10. The lowest BCUT2D eigenvalue weighted by Crippen LogP contribution is -2.02. The Balaban J connectivity index is 2.21. The van der Waals surface area contributed by atoms with Crippen molar-refractivity contribution >= 4 is 27.5 Å². The minimum absolute atomic E-state index is 0.194. The standard InChI is InChI=1S/C15H13BrClFO2/c1-9(19)12-7-11(17)5-6-14(12)20-8-10-3-2-4-13(18)15(10)16/h2-7,9,19H,8H2,1H3/t9-/m1/s1. The summed E-state index contributed by atoms with van der Waals surface area (Å²) in [4.78, 5) is 0. The maximum Gasteiger partial charge on any atom is 0.137 e. The van der Waals surface area contributed by atoms with Crippen LogP contribution in [0.4, 0.5) is 4.39 Å². The zero-order chi connectivity index (χ0) is 14.7. The summed E-state index contributed by atoms with van der Waals surface area (Å²) in [5, 5.41) is 10.2. The summed E-state index contributed by atoms with van der Waals surface area (Å²) < 4.78 is 19.4. The van der Waals surface area contributed by atoms with Crippen molar-refractivity contribution < 1.29 is 14.2 Å². The van der Waals surface area contributed by atoms with Gasteiger partial charge in [0.25, 0.3) is 0 Å². The van der Waals surface area contributed by atoms with Crippen LogP contribution in [-0.2, 0) is 6.61 Å². The van der Waals surface area contributed by atoms with E-state index in [0.717, 1.165) is 0 Å². The van der Waals surface area contributed by atoms with Gasteiger partial charge in [0.2, 0.25) is 0 Å². The van der Waals surface area contributed by atoms with Gasteiger partial charge >= 0.3 is 0 Å². The molecule has 1 atom stereocenters. The molecular formula is C15H13BrClFO2. The van der Waals surface area contributed by atoms with Gasteiger partial charge in [0, 0.05) is 16.1 Å². The van der Waals surface area contributed by atoms with E-state index in [9.17, 15) is 9.50 Å². The number of hydrogen-bond donors (Lipinski definition) is 1. The van der Waals surface area contributed by atoms with Gasteiger partial charge in [0.05, 0.1) is 10.6 Å². The van der Waals surface area contributed by atoms with Crippen LogP contribution < -0.4 is 4.74 Å². The molecule has 5 heteroatoms. The number of benzene rings is 2. The van der Waals surface area contributed by atoms with Crippen molar-refractivity contribution in [1.29, 1.82) is 0 Å². The predicted octanol–water partition coefficient (Wildman–Crippen LogP) is 4.87. The molecule has 0 saturated carbocycles. The molecule has 0 fully saturated rings. The zero-order valence-corrected chi connectivity index (χ0v) is 13.1. The van der Waals surface area contributed by atoms with Crippen LogP contribution in [0.3, 0.4) is 0 Å². The Labute approximate surface area is 130 Å². The molecule has 0 heterocycles. The van der Waals surface area contributed by atoms with Crippen molar-refractivity contribution in [3.63, 3.8) is 0 Å². The molecule has 0 saturated heterocycles. The maximum absolute atomic E-state index is 13.4. The number of aliphatic hydroxyl groups is 1. The second-order valence-corrected chi connectivity index (χ2v) is 5.59. The second kappa shape index (κ2) is 6.57. The van der Waals surface area contributed by atoms with Crippen molar-refractivity contribution in [2.45, 2.75) is 19.6 Å². The average Bonchev–Trinajstić information content (AvgIpc) is 2.41. The maximum atomic E-state index is 13.4. The van der Waals surface area contributed by atoms with Crippen LogP contribution in [0.15, 0.2) is 40.9 Å². The monoisotopic (exact) mass is 358 g/mol. The Kier molecular flexibility index (Phi) is 5.02. The van der Waals surface area contributed by atoms with Crippen LogP contribution in [0.25, 0.3) is 0 Å². The molecule has 0 radical (unpaired) electrons. The molecule has 0 spiro atoms. The summed E-state index contributed by atoms with van der Waals surface area (Å²) in [6.45, 7) is 1.83. The molecular weight excluding hydrogens is 347 g/mol. The molecule has 0 aliphatic rings.